The number of esters is 1. The second-order valence-electron chi connectivity index (χ2n) is 13.4. The summed E-state index contributed by atoms with van der Waals surface area (Å²) in [6, 6.07) is 12.6. The van der Waals surface area contributed by atoms with Gasteiger partial charge in [0.1, 0.15) is 17.3 Å². The van der Waals surface area contributed by atoms with Crippen LogP contribution in [-0.2, 0) is 24.2 Å². The van der Waals surface area contributed by atoms with Crippen molar-refractivity contribution < 1.29 is 37.6 Å². The SMILES string of the molecule is CC[C@@H]1C2CC([C@H](C)OC(=O)c3ccccc3NS(=O)(=O)c3ccc(Br)cc3)C1(C)C1CC3[C@@H](OC)C[C@]2(O)[C@]1(O)[C@H]3OC. The van der Waals surface area contributed by atoms with Gasteiger partial charge in [0.25, 0.3) is 10.0 Å². The second kappa shape index (κ2) is 11.1. The first-order chi connectivity index (χ1) is 20.8. The number of halogens is 1. The number of methoxy groups -OCH3 is 2. The van der Waals surface area contributed by atoms with Gasteiger partial charge in [-0.25, -0.2) is 13.2 Å². The van der Waals surface area contributed by atoms with E-state index in [1.54, 1.807) is 44.6 Å². The second-order valence-corrected chi connectivity index (χ2v) is 16.0. The first-order valence-corrected chi connectivity index (χ1v) is 17.6. The van der Waals surface area contributed by atoms with Crippen molar-refractivity contribution >= 4 is 37.6 Å². The molecule has 2 aromatic rings. The Bertz CT molecular complexity index is 1540. The molecule has 0 heterocycles. The molecular weight excluding hydrogens is 650 g/mol. The monoisotopic (exact) mass is 691 g/mol. The molecule has 44 heavy (non-hydrogen) atoms. The van der Waals surface area contributed by atoms with Gasteiger partial charge in [0.2, 0.25) is 0 Å². The number of ether oxygens (including phenoxy) is 3. The van der Waals surface area contributed by atoms with E-state index in [0.717, 1.165) is 10.9 Å². The van der Waals surface area contributed by atoms with Gasteiger partial charge >= 0.3 is 5.97 Å². The highest BCUT2D eigenvalue weighted by molar-refractivity contribution is 9.10. The number of benzene rings is 2. The van der Waals surface area contributed by atoms with Crippen LogP contribution >= 0.6 is 15.9 Å². The number of para-hydroxylation sites is 1. The molecule has 4 aliphatic rings. The summed E-state index contributed by atoms with van der Waals surface area (Å²) in [6.07, 6.45) is 1.03. The average molecular weight is 693 g/mol. The summed E-state index contributed by atoms with van der Waals surface area (Å²) in [6.45, 7) is 6.19. The highest BCUT2D eigenvalue weighted by Gasteiger charge is 2.82. The van der Waals surface area contributed by atoms with Crippen LogP contribution in [0, 0.1) is 35.0 Å². The van der Waals surface area contributed by atoms with E-state index in [4.69, 9.17) is 14.2 Å². The Balaban J connectivity index is 1.29. The summed E-state index contributed by atoms with van der Waals surface area (Å²) < 4.78 is 47.5. The van der Waals surface area contributed by atoms with Crippen LogP contribution in [0.3, 0.4) is 0 Å². The van der Waals surface area contributed by atoms with Crippen molar-refractivity contribution in [1.82, 2.24) is 0 Å². The Morgan fingerprint density at radius 2 is 1.77 bits per heavy atom. The normalized spacial score (nSPS) is 39.6. The van der Waals surface area contributed by atoms with Crippen molar-refractivity contribution in [2.24, 2.45) is 35.0 Å². The van der Waals surface area contributed by atoms with Crippen LogP contribution in [0.5, 0.6) is 0 Å². The molecule has 0 spiro atoms. The first kappa shape index (κ1) is 31.9. The fourth-order valence-electron chi connectivity index (χ4n) is 10.2. The summed E-state index contributed by atoms with van der Waals surface area (Å²) in [5.41, 5.74) is -3.06. The number of carbonyl (C=O) groups is 1. The van der Waals surface area contributed by atoms with Gasteiger partial charge in [-0.1, -0.05) is 48.3 Å². The van der Waals surface area contributed by atoms with Crippen molar-refractivity contribution in [2.75, 3.05) is 18.9 Å². The lowest BCUT2D eigenvalue weighted by Crippen LogP contribution is -2.75. The van der Waals surface area contributed by atoms with Gasteiger partial charge in [-0.05, 0) is 79.3 Å². The zero-order chi connectivity index (χ0) is 31.8. The van der Waals surface area contributed by atoms with Crippen LogP contribution in [0.15, 0.2) is 57.9 Å². The molecule has 5 unspecified atom stereocenters. The highest BCUT2D eigenvalue weighted by atomic mass is 79.9. The molecule has 3 N–H and O–H groups in total. The minimum absolute atomic E-state index is 0.0573. The average Bonchev–Trinajstić information content (AvgIpc) is 3.44. The van der Waals surface area contributed by atoms with Gasteiger partial charge in [-0.15, -0.1) is 0 Å². The Labute approximate surface area is 267 Å². The Morgan fingerprint density at radius 1 is 1.09 bits per heavy atom. The Morgan fingerprint density at radius 3 is 2.41 bits per heavy atom. The molecule has 4 saturated carbocycles. The Hall–Kier alpha value is -2.02. The number of nitrogens with one attached hydrogen (secondary N) is 1. The van der Waals surface area contributed by atoms with E-state index in [1.807, 2.05) is 6.92 Å². The summed E-state index contributed by atoms with van der Waals surface area (Å²) in [7, 11) is -0.709. The predicted molar refractivity (Wildman–Crippen MR) is 167 cm³/mol. The maximum absolute atomic E-state index is 13.7. The van der Waals surface area contributed by atoms with Crippen molar-refractivity contribution in [3.05, 3.63) is 58.6 Å². The molecule has 0 radical (unpaired) electrons. The molecule has 4 aliphatic carbocycles. The standard InChI is InChI=1S/C33H42BrNO8S/c1-6-23-25-16-24(31(23,3)28-15-22-27(41-4)17-32(25,37)33(28,38)29(22)42-5)18(2)43-30(36)21-9-7-8-10-26(21)35-44(39,40)20-13-11-19(34)12-14-20/h7-14,18,22-25,27-29,35,37-38H,6,15-17H2,1-5H3/t18-,22?,23+,24?,25?,27-,28?,29-,31?,32+,33+/m0/s1. The van der Waals surface area contributed by atoms with Gasteiger partial charge in [-0.3, -0.25) is 4.72 Å². The molecule has 0 aliphatic heterocycles. The summed E-state index contributed by atoms with van der Waals surface area (Å²) >= 11 is 3.32. The number of sulfonamides is 1. The minimum Gasteiger partial charge on any atom is -0.459 e. The third-order valence-electron chi connectivity index (χ3n) is 11.9. The molecule has 11 heteroatoms. The molecule has 0 amide bonds. The number of hydrogen-bond donors (Lipinski definition) is 3. The smallest absolute Gasteiger partial charge is 0.340 e. The number of aliphatic hydroxyl groups is 2. The van der Waals surface area contributed by atoms with Crippen molar-refractivity contribution in [3.8, 4) is 0 Å². The van der Waals surface area contributed by atoms with Crippen LogP contribution in [0.1, 0.15) is 56.8 Å². The third-order valence-corrected chi connectivity index (χ3v) is 13.8. The number of fused-ring (bicyclic) bond motifs is 5. The molecule has 9 nitrogen and oxygen atoms in total. The van der Waals surface area contributed by atoms with Gasteiger partial charge in [0.15, 0.2) is 0 Å². The molecule has 240 valence electrons. The van der Waals surface area contributed by atoms with Crippen LogP contribution in [0.4, 0.5) is 5.69 Å². The van der Waals surface area contributed by atoms with E-state index >= 15 is 0 Å². The van der Waals surface area contributed by atoms with E-state index in [2.05, 4.69) is 34.5 Å². The van der Waals surface area contributed by atoms with E-state index < -0.39 is 44.8 Å². The number of anilines is 1. The molecule has 11 atom stereocenters. The van der Waals surface area contributed by atoms with E-state index in [1.165, 1.54) is 18.2 Å². The first-order valence-electron chi connectivity index (χ1n) is 15.4. The fourth-order valence-corrected chi connectivity index (χ4v) is 11.5. The zero-order valence-electron chi connectivity index (χ0n) is 25.7. The molecule has 6 rings (SSSR count). The van der Waals surface area contributed by atoms with Crippen molar-refractivity contribution in [3.63, 3.8) is 0 Å². The van der Waals surface area contributed by atoms with Crippen LogP contribution in [0.2, 0.25) is 0 Å². The molecule has 4 fully saturated rings. The summed E-state index contributed by atoms with van der Waals surface area (Å²) in [4.78, 5) is 13.8. The van der Waals surface area contributed by atoms with Gasteiger partial charge in [0.05, 0.1) is 28.4 Å². The quantitative estimate of drug-likeness (QED) is 0.313. The van der Waals surface area contributed by atoms with E-state index in [-0.39, 0.29) is 51.8 Å². The largest absolute Gasteiger partial charge is 0.459 e. The maximum Gasteiger partial charge on any atom is 0.340 e. The molecule has 0 aromatic heterocycles. The van der Waals surface area contributed by atoms with Crippen LogP contribution < -0.4 is 4.72 Å². The van der Waals surface area contributed by atoms with Gasteiger partial charge < -0.3 is 24.4 Å². The molecule has 4 bridgehead atoms. The van der Waals surface area contributed by atoms with E-state index in [9.17, 15) is 23.4 Å². The topological polar surface area (TPSA) is 131 Å². The number of rotatable bonds is 9. The molecule has 2 aromatic carbocycles. The van der Waals surface area contributed by atoms with Gasteiger partial charge in [0, 0.05) is 36.9 Å². The van der Waals surface area contributed by atoms with Crippen molar-refractivity contribution in [1.29, 1.82) is 0 Å². The predicted octanol–water partition coefficient (Wildman–Crippen LogP) is 5.01. The van der Waals surface area contributed by atoms with Crippen molar-refractivity contribution in [2.45, 2.75) is 80.9 Å². The Kier molecular flexibility index (Phi) is 8.02. The van der Waals surface area contributed by atoms with E-state index in [0.29, 0.717) is 19.3 Å². The lowest BCUT2D eigenvalue weighted by molar-refractivity contribution is -0.308. The lowest BCUT2D eigenvalue weighted by Gasteiger charge is -2.62. The maximum atomic E-state index is 13.7. The van der Waals surface area contributed by atoms with Crippen LogP contribution in [0.25, 0.3) is 0 Å². The zero-order valence-corrected chi connectivity index (χ0v) is 28.1. The third kappa shape index (κ3) is 4.36. The van der Waals surface area contributed by atoms with Crippen LogP contribution in [-0.4, -0.2) is 68.3 Å². The summed E-state index contributed by atoms with van der Waals surface area (Å²) in [5.74, 6) is -1.26. The highest BCUT2D eigenvalue weighted by Crippen LogP contribution is 2.75. The molecular formula is C33H42BrNO8S. The number of carbonyl (C=O) groups excluding carboxylic acids is 1. The summed E-state index contributed by atoms with van der Waals surface area (Å²) in [5, 5.41) is 25.0. The molecule has 0 saturated heterocycles. The van der Waals surface area contributed by atoms with Gasteiger partial charge in [-0.2, -0.15) is 0 Å². The minimum atomic E-state index is -3.96. The fraction of sp³-hybridized carbons (Fsp3) is 0.606. The lowest BCUT2D eigenvalue weighted by atomic mass is 9.48. The number of hydrogen-bond acceptors (Lipinski definition) is 8.